The summed E-state index contributed by atoms with van der Waals surface area (Å²) in [5.74, 6) is 0.172. The lowest BCUT2D eigenvalue weighted by molar-refractivity contribution is -0.162. The van der Waals surface area contributed by atoms with E-state index in [9.17, 15) is 24.6 Å². The molecule has 0 aromatic heterocycles. The van der Waals surface area contributed by atoms with Gasteiger partial charge in [-0.2, -0.15) is 12.6 Å². The molecular formula is C37H57NO7S. The zero-order chi connectivity index (χ0) is 32.9. The Kier molecular flexibility index (Phi) is 15.0. The van der Waals surface area contributed by atoms with E-state index in [0.29, 0.717) is 37.5 Å². The molecule has 0 unspecified atom stereocenters. The van der Waals surface area contributed by atoms with Crippen molar-refractivity contribution in [3.63, 3.8) is 0 Å². The van der Waals surface area contributed by atoms with Crippen molar-refractivity contribution in [3.8, 4) is 5.75 Å². The van der Waals surface area contributed by atoms with E-state index >= 15 is 0 Å². The van der Waals surface area contributed by atoms with E-state index in [4.69, 9.17) is 9.47 Å². The van der Waals surface area contributed by atoms with Gasteiger partial charge < -0.3 is 25.0 Å². The first-order chi connectivity index (χ1) is 22.3. The van der Waals surface area contributed by atoms with E-state index in [2.05, 4.69) is 30.9 Å². The van der Waals surface area contributed by atoms with Crippen LogP contribution in [0.1, 0.15) is 114 Å². The number of esters is 1. The number of thiol groups is 1. The van der Waals surface area contributed by atoms with Gasteiger partial charge in [0.2, 0.25) is 5.91 Å². The summed E-state index contributed by atoms with van der Waals surface area (Å²) in [6, 6.07) is 5.86. The van der Waals surface area contributed by atoms with Crippen LogP contribution in [0.25, 0.3) is 0 Å². The maximum atomic E-state index is 13.9. The number of fused-ring (bicyclic) bond motifs is 2. The lowest BCUT2D eigenvalue weighted by Gasteiger charge is -2.33. The van der Waals surface area contributed by atoms with Crippen molar-refractivity contribution in [2.24, 2.45) is 29.6 Å². The Labute approximate surface area is 281 Å². The summed E-state index contributed by atoms with van der Waals surface area (Å²) in [7, 11) is 0. The SMILES string of the molecule is CCCCC[C@H](O)CC[C@@H]1[C@H]2Cc3cccc(OCC(=O)O)c3C[C@H]2C[C@H]1OC(=O)[C@H]1CCCC[C@H]1C(=O)NCCCCCCS. The Bertz CT molecular complexity index is 1130. The molecule has 1 amide bonds. The quantitative estimate of drug-likeness (QED) is 0.0755. The van der Waals surface area contributed by atoms with Gasteiger partial charge in [0.1, 0.15) is 11.9 Å². The number of aliphatic hydroxyl groups excluding tert-OH is 1. The predicted molar refractivity (Wildman–Crippen MR) is 182 cm³/mol. The number of carbonyl (C=O) groups excluding carboxylic acids is 2. The fourth-order valence-electron chi connectivity index (χ4n) is 8.24. The number of hydrogen-bond donors (Lipinski definition) is 4. The number of carboxylic acid groups (broad SMARTS) is 1. The zero-order valence-electron chi connectivity index (χ0n) is 27.8. The van der Waals surface area contributed by atoms with Crippen molar-refractivity contribution in [2.75, 3.05) is 18.9 Å². The molecule has 0 spiro atoms. The average molecular weight is 660 g/mol. The van der Waals surface area contributed by atoms with Gasteiger partial charge in [0, 0.05) is 6.54 Å². The van der Waals surface area contributed by atoms with E-state index in [1.54, 1.807) is 0 Å². The van der Waals surface area contributed by atoms with Crippen LogP contribution in [0.5, 0.6) is 5.75 Å². The van der Waals surface area contributed by atoms with Gasteiger partial charge in [0.05, 0.1) is 17.9 Å². The molecule has 1 aromatic rings. The summed E-state index contributed by atoms with van der Waals surface area (Å²) in [4.78, 5) is 38.3. The molecule has 0 heterocycles. The van der Waals surface area contributed by atoms with E-state index in [0.717, 1.165) is 101 Å². The maximum Gasteiger partial charge on any atom is 0.341 e. The second-order valence-electron chi connectivity index (χ2n) is 13.9. The summed E-state index contributed by atoms with van der Waals surface area (Å²) in [6.45, 7) is 2.42. The molecule has 7 atom stereocenters. The van der Waals surface area contributed by atoms with Gasteiger partial charge in [-0.1, -0.05) is 64.0 Å². The molecule has 0 radical (unpaired) electrons. The highest BCUT2D eigenvalue weighted by Crippen LogP contribution is 2.50. The number of ether oxygens (including phenoxy) is 2. The molecule has 3 N–H and O–H groups in total. The molecule has 3 aliphatic carbocycles. The molecule has 8 nitrogen and oxygen atoms in total. The summed E-state index contributed by atoms with van der Waals surface area (Å²) in [5, 5.41) is 23.1. The number of carboxylic acids is 1. The highest BCUT2D eigenvalue weighted by molar-refractivity contribution is 7.80. The second-order valence-corrected chi connectivity index (χ2v) is 14.4. The van der Waals surface area contributed by atoms with Gasteiger partial charge in [0.15, 0.2) is 6.61 Å². The van der Waals surface area contributed by atoms with Crippen molar-refractivity contribution >= 4 is 30.5 Å². The monoisotopic (exact) mass is 659 g/mol. The van der Waals surface area contributed by atoms with Crippen molar-refractivity contribution < 1.29 is 34.1 Å². The third-order valence-corrected chi connectivity index (χ3v) is 11.0. The minimum atomic E-state index is -1.00. The molecule has 3 aliphatic rings. The lowest BCUT2D eigenvalue weighted by atomic mass is 9.73. The van der Waals surface area contributed by atoms with Gasteiger partial charge in [-0.05, 0) is 105 Å². The first kappa shape index (κ1) is 36.6. The van der Waals surface area contributed by atoms with Crippen molar-refractivity contribution in [1.29, 1.82) is 0 Å². The third kappa shape index (κ3) is 10.4. The van der Waals surface area contributed by atoms with Gasteiger partial charge in [-0.3, -0.25) is 9.59 Å². The van der Waals surface area contributed by atoms with Crippen LogP contribution < -0.4 is 10.1 Å². The normalized spacial score (nSPS) is 26.1. The highest BCUT2D eigenvalue weighted by atomic mass is 32.1. The number of aliphatic hydroxyl groups is 1. The second kappa shape index (κ2) is 18.9. The van der Waals surface area contributed by atoms with Gasteiger partial charge >= 0.3 is 11.9 Å². The van der Waals surface area contributed by atoms with Gasteiger partial charge in [0.25, 0.3) is 0 Å². The first-order valence-corrected chi connectivity index (χ1v) is 18.7. The predicted octanol–water partition coefficient (Wildman–Crippen LogP) is 6.55. The zero-order valence-corrected chi connectivity index (χ0v) is 28.7. The van der Waals surface area contributed by atoms with E-state index in [1.165, 1.54) is 5.56 Å². The first-order valence-electron chi connectivity index (χ1n) is 18.0. The number of carbonyl (C=O) groups is 3. The van der Waals surface area contributed by atoms with Crippen LogP contribution in [0.15, 0.2) is 18.2 Å². The van der Waals surface area contributed by atoms with Crippen LogP contribution >= 0.6 is 12.6 Å². The number of amides is 1. The molecule has 2 fully saturated rings. The molecule has 0 bridgehead atoms. The lowest BCUT2D eigenvalue weighted by Crippen LogP contribution is -2.42. The molecule has 0 aliphatic heterocycles. The van der Waals surface area contributed by atoms with Crippen molar-refractivity contribution in [3.05, 3.63) is 29.3 Å². The number of rotatable bonds is 19. The Morgan fingerprint density at radius 1 is 1.00 bits per heavy atom. The van der Waals surface area contributed by atoms with E-state index in [-0.39, 0.29) is 48.4 Å². The minimum Gasteiger partial charge on any atom is -0.482 e. The Morgan fingerprint density at radius 3 is 2.54 bits per heavy atom. The number of benzene rings is 1. The summed E-state index contributed by atoms with van der Waals surface area (Å²) >= 11 is 4.27. The molecule has 46 heavy (non-hydrogen) atoms. The fourth-order valence-corrected chi connectivity index (χ4v) is 8.47. The summed E-state index contributed by atoms with van der Waals surface area (Å²) < 4.78 is 12.1. The number of nitrogens with one attached hydrogen (secondary N) is 1. The molecule has 9 heteroatoms. The summed E-state index contributed by atoms with van der Waals surface area (Å²) in [6.07, 6.45) is 14.6. The van der Waals surface area contributed by atoms with Gasteiger partial charge in [-0.15, -0.1) is 0 Å². The maximum absolute atomic E-state index is 13.9. The average Bonchev–Trinajstić information content (AvgIpc) is 3.38. The number of aliphatic carboxylic acids is 1. The topological polar surface area (TPSA) is 122 Å². The van der Waals surface area contributed by atoms with Crippen LogP contribution in [0, 0.1) is 29.6 Å². The summed E-state index contributed by atoms with van der Waals surface area (Å²) in [5.41, 5.74) is 2.23. The molecular weight excluding hydrogens is 602 g/mol. The van der Waals surface area contributed by atoms with E-state index in [1.807, 2.05) is 12.1 Å². The molecule has 2 saturated carbocycles. The standard InChI is InChI=1S/C37H57NO7S/c1-2-3-6-13-27(39)17-18-28-31-21-25-12-11-16-33(44-24-35(40)41)32(25)22-26(31)23-34(28)45-37(43)30-15-8-7-14-29(30)36(42)38-19-9-4-5-10-20-46/h11-12,16,26-31,34,39,46H,2-10,13-15,17-24H2,1H3,(H,38,42)(H,40,41)/t26-,27-,28+,29+,30-,31-,34+/m0/s1. The Balaban J connectivity index is 1.44. The van der Waals surface area contributed by atoms with Crippen molar-refractivity contribution in [2.45, 2.75) is 128 Å². The largest absolute Gasteiger partial charge is 0.482 e. The third-order valence-electron chi connectivity index (χ3n) is 10.7. The Morgan fingerprint density at radius 2 is 1.78 bits per heavy atom. The van der Waals surface area contributed by atoms with Crippen LogP contribution in [-0.4, -0.2) is 59.2 Å². The van der Waals surface area contributed by atoms with Crippen LogP contribution in [-0.2, 0) is 32.0 Å². The van der Waals surface area contributed by atoms with E-state index < -0.39 is 11.9 Å². The van der Waals surface area contributed by atoms with Crippen LogP contribution in [0.3, 0.4) is 0 Å². The van der Waals surface area contributed by atoms with Crippen molar-refractivity contribution in [1.82, 2.24) is 5.32 Å². The molecule has 4 rings (SSSR count). The molecule has 1 aromatic carbocycles. The minimum absolute atomic E-state index is 0.0213. The van der Waals surface area contributed by atoms with Gasteiger partial charge in [-0.25, -0.2) is 4.79 Å². The van der Waals surface area contributed by atoms with Crippen LogP contribution in [0.4, 0.5) is 0 Å². The van der Waals surface area contributed by atoms with Crippen LogP contribution in [0.2, 0.25) is 0 Å². The molecule has 258 valence electrons. The number of hydrogen-bond acceptors (Lipinski definition) is 7. The Hall–Kier alpha value is -2.26. The smallest absolute Gasteiger partial charge is 0.341 e. The number of unbranched alkanes of at least 4 members (excludes halogenated alkanes) is 5. The highest BCUT2D eigenvalue weighted by Gasteiger charge is 2.48. The molecule has 0 saturated heterocycles. The fraction of sp³-hybridized carbons (Fsp3) is 0.757.